The van der Waals surface area contributed by atoms with Crippen LogP contribution in [0.3, 0.4) is 0 Å². The van der Waals surface area contributed by atoms with Gasteiger partial charge in [-0.1, -0.05) is 31.5 Å². The number of nitrogens with zero attached hydrogens (tertiary/aromatic N) is 1. The number of unbranched alkanes of at least 4 members (excludes halogenated alkanes) is 1. The maximum absolute atomic E-state index is 6.04. The lowest BCUT2D eigenvalue weighted by molar-refractivity contribution is 0.525. The molecule has 3 rings (SSSR count). The lowest BCUT2D eigenvalue weighted by Gasteiger charge is -2.04. The summed E-state index contributed by atoms with van der Waals surface area (Å²) in [6.07, 6.45) is 5.29. The number of para-hydroxylation sites is 1. The largest absolute Gasteiger partial charge is 0.461 e. The Hall–Kier alpha value is -1.65. The van der Waals surface area contributed by atoms with E-state index in [1.165, 1.54) is 28.7 Å². The fourth-order valence-electron chi connectivity index (χ4n) is 2.52. The predicted molar refractivity (Wildman–Crippen MR) is 87.5 cm³/mol. The minimum absolute atomic E-state index is 0.841. The molecule has 0 aliphatic carbocycles. The van der Waals surface area contributed by atoms with Crippen LogP contribution in [0.25, 0.3) is 11.0 Å². The van der Waals surface area contributed by atoms with E-state index < -0.39 is 0 Å². The predicted octanol–water partition coefficient (Wildman–Crippen LogP) is 4.52. The Balaban J connectivity index is 1.77. The molecule has 0 saturated carbocycles. The number of rotatable bonds is 7. The molecule has 3 aromatic rings. The Morgan fingerprint density at radius 2 is 2.14 bits per heavy atom. The summed E-state index contributed by atoms with van der Waals surface area (Å²) < 4.78 is 6.04. The molecule has 0 fully saturated rings. The Bertz CT molecular complexity index is 688. The summed E-state index contributed by atoms with van der Waals surface area (Å²) in [5.74, 6) is 1.13. The number of hydrogen-bond acceptors (Lipinski definition) is 4. The molecule has 110 valence electrons. The van der Waals surface area contributed by atoms with Crippen molar-refractivity contribution in [3.63, 3.8) is 0 Å². The van der Waals surface area contributed by atoms with E-state index >= 15 is 0 Å². The minimum atomic E-state index is 0.841. The number of thiazole rings is 1. The summed E-state index contributed by atoms with van der Waals surface area (Å²) in [4.78, 5) is 5.37. The molecular weight excluding hydrogens is 280 g/mol. The van der Waals surface area contributed by atoms with Gasteiger partial charge in [0.1, 0.15) is 11.3 Å². The van der Waals surface area contributed by atoms with Gasteiger partial charge < -0.3 is 9.73 Å². The second-order valence-electron chi connectivity index (χ2n) is 5.17. The summed E-state index contributed by atoms with van der Waals surface area (Å²) in [5.41, 5.74) is 4.18. The van der Waals surface area contributed by atoms with Gasteiger partial charge in [0.25, 0.3) is 0 Å². The van der Waals surface area contributed by atoms with Gasteiger partial charge >= 0.3 is 0 Å². The molecule has 0 saturated heterocycles. The lowest BCUT2D eigenvalue weighted by Crippen LogP contribution is -2.12. The Morgan fingerprint density at radius 1 is 1.24 bits per heavy atom. The zero-order chi connectivity index (χ0) is 14.5. The number of benzene rings is 1. The highest BCUT2D eigenvalue weighted by molar-refractivity contribution is 7.09. The number of nitrogens with one attached hydrogen (secondary N) is 1. The van der Waals surface area contributed by atoms with Crippen LogP contribution < -0.4 is 5.32 Å². The highest BCUT2D eigenvalue weighted by Gasteiger charge is 2.13. The molecule has 2 aromatic heterocycles. The average Bonchev–Trinajstić information content (AvgIpc) is 3.13. The highest BCUT2D eigenvalue weighted by Crippen LogP contribution is 2.27. The van der Waals surface area contributed by atoms with Gasteiger partial charge in [0.05, 0.1) is 5.51 Å². The molecule has 0 spiro atoms. The first-order chi connectivity index (χ1) is 10.4. The first-order valence-electron chi connectivity index (χ1n) is 7.46. The maximum Gasteiger partial charge on any atom is 0.134 e. The van der Waals surface area contributed by atoms with Crippen molar-refractivity contribution in [2.24, 2.45) is 0 Å². The van der Waals surface area contributed by atoms with Gasteiger partial charge in [0.15, 0.2) is 0 Å². The smallest absolute Gasteiger partial charge is 0.134 e. The van der Waals surface area contributed by atoms with Crippen molar-refractivity contribution in [3.8, 4) is 0 Å². The molecule has 0 aliphatic rings. The van der Waals surface area contributed by atoms with Crippen molar-refractivity contribution in [1.29, 1.82) is 0 Å². The highest BCUT2D eigenvalue weighted by atomic mass is 32.1. The number of hydrogen-bond donors (Lipinski definition) is 1. The molecule has 2 heterocycles. The molecule has 0 atom stereocenters. The molecule has 3 nitrogen and oxygen atoms in total. The standard InChI is InChI=1S/C17H20N2OS/c1-2-3-7-17-15(11-18-9-13-10-19-12-21-13)14-6-4-5-8-16(14)20-17/h4-6,8,10,12,18H,2-3,7,9,11H2,1H3. The van der Waals surface area contributed by atoms with E-state index in [0.717, 1.165) is 30.9 Å². The third kappa shape index (κ3) is 3.34. The topological polar surface area (TPSA) is 38.1 Å². The van der Waals surface area contributed by atoms with Crippen LogP contribution in [0.5, 0.6) is 0 Å². The van der Waals surface area contributed by atoms with E-state index in [2.05, 4.69) is 35.4 Å². The van der Waals surface area contributed by atoms with E-state index in [1.807, 2.05) is 17.8 Å². The first kappa shape index (κ1) is 14.3. The Morgan fingerprint density at radius 3 is 2.95 bits per heavy atom. The van der Waals surface area contributed by atoms with Crippen LogP contribution >= 0.6 is 11.3 Å². The molecule has 0 radical (unpaired) electrons. The van der Waals surface area contributed by atoms with E-state index in [1.54, 1.807) is 11.3 Å². The molecule has 1 N–H and O–H groups in total. The van der Waals surface area contributed by atoms with Gasteiger partial charge in [-0.3, -0.25) is 4.98 Å². The minimum Gasteiger partial charge on any atom is -0.461 e. The fourth-order valence-corrected chi connectivity index (χ4v) is 3.09. The molecule has 0 bridgehead atoms. The van der Waals surface area contributed by atoms with Crippen molar-refractivity contribution >= 4 is 22.3 Å². The van der Waals surface area contributed by atoms with Gasteiger partial charge in [-0.15, -0.1) is 11.3 Å². The lowest BCUT2D eigenvalue weighted by atomic mass is 10.1. The summed E-state index contributed by atoms with van der Waals surface area (Å²) >= 11 is 1.68. The van der Waals surface area contributed by atoms with Crippen LogP contribution in [-0.2, 0) is 19.5 Å². The second-order valence-corrected chi connectivity index (χ2v) is 6.15. The van der Waals surface area contributed by atoms with Crippen molar-refractivity contribution in [3.05, 3.63) is 52.2 Å². The second kappa shape index (κ2) is 6.87. The summed E-state index contributed by atoms with van der Waals surface area (Å²) in [5, 5.41) is 4.75. The van der Waals surface area contributed by atoms with E-state index in [0.29, 0.717) is 0 Å². The average molecular weight is 300 g/mol. The molecule has 0 amide bonds. The molecule has 0 aliphatic heterocycles. The van der Waals surface area contributed by atoms with Crippen LogP contribution in [0.15, 0.2) is 40.4 Å². The van der Waals surface area contributed by atoms with Gasteiger partial charge in [-0.25, -0.2) is 0 Å². The molecule has 21 heavy (non-hydrogen) atoms. The summed E-state index contributed by atoms with van der Waals surface area (Å²) in [6.45, 7) is 3.91. The van der Waals surface area contributed by atoms with Gasteiger partial charge in [-0.2, -0.15) is 0 Å². The number of furan rings is 1. The van der Waals surface area contributed by atoms with E-state index in [4.69, 9.17) is 4.42 Å². The van der Waals surface area contributed by atoms with Crippen LogP contribution in [0.1, 0.15) is 36.0 Å². The maximum atomic E-state index is 6.04. The summed E-state index contributed by atoms with van der Waals surface area (Å²) in [6, 6.07) is 8.31. The van der Waals surface area contributed by atoms with Gasteiger partial charge in [0.2, 0.25) is 0 Å². The van der Waals surface area contributed by atoms with Crippen molar-refractivity contribution in [2.75, 3.05) is 0 Å². The van der Waals surface area contributed by atoms with Crippen molar-refractivity contribution < 1.29 is 4.42 Å². The molecule has 4 heteroatoms. The number of aromatic nitrogens is 1. The monoisotopic (exact) mass is 300 g/mol. The van der Waals surface area contributed by atoms with Crippen LogP contribution in [0.2, 0.25) is 0 Å². The third-order valence-corrected chi connectivity index (χ3v) is 4.40. The molecule has 0 unspecified atom stereocenters. The quantitative estimate of drug-likeness (QED) is 0.697. The SMILES string of the molecule is CCCCc1oc2ccccc2c1CNCc1cncs1. The zero-order valence-corrected chi connectivity index (χ0v) is 13.1. The van der Waals surface area contributed by atoms with Gasteiger partial charge in [-0.05, 0) is 12.5 Å². The zero-order valence-electron chi connectivity index (χ0n) is 12.3. The van der Waals surface area contributed by atoms with Crippen LogP contribution in [-0.4, -0.2) is 4.98 Å². The van der Waals surface area contributed by atoms with Crippen molar-refractivity contribution in [2.45, 2.75) is 39.3 Å². The van der Waals surface area contributed by atoms with E-state index in [9.17, 15) is 0 Å². The molecule has 1 aromatic carbocycles. The van der Waals surface area contributed by atoms with Crippen LogP contribution in [0.4, 0.5) is 0 Å². The normalized spacial score (nSPS) is 11.3. The number of aryl methyl sites for hydroxylation is 1. The number of fused-ring (bicyclic) bond motifs is 1. The molecular formula is C17H20N2OS. The van der Waals surface area contributed by atoms with Crippen molar-refractivity contribution in [1.82, 2.24) is 10.3 Å². The van der Waals surface area contributed by atoms with E-state index in [-0.39, 0.29) is 0 Å². The van der Waals surface area contributed by atoms with Gasteiger partial charge in [0, 0.05) is 41.5 Å². The fraction of sp³-hybridized carbons (Fsp3) is 0.353. The van der Waals surface area contributed by atoms with Crippen LogP contribution in [0, 0.1) is 0 Å². The first-order valence-corrected chi connectivity index (χ1v) is 8.34. The third-order valence-electron chi connectivity index (χ3n) is 3.62. The Labute approximate surface area is 129 Å². The summed E-state index contributed by atoms with van der Waals surface area (Å²) in [7, 11) is 0. The Kier molecular flexibility index (Phi) is 4.68.